The maximum absolute atomic E-state index is 12.6. The van der Waals surface area contributed by atoms with Crippen LogP contribution in [-0.4, -0.2) is 51.4 Å². The van der Waals surface area contributed by atoms with Crippen LogP contribution in [0, 0.1) is 0 Å². The van der Waals surface area contributed by atoms with Crippen molar-refractivity contribution in [1.29, 1.82) is 0 Å². The second kappa shape index (κ2) is 10.9. The van der Waals surface area contributed by atoms with E-state index in [-0.39, 0.29) is 23.1 Å². The van der Waals surface area contributed by atoms with Gasteiger partial charge in [-0.3, -0.25) is 24.4 Å². The first-order chi connectivity index (χ1) is 17.6. The molecule has 11 nitrogen and oxygen atoms in total. The van der Waals surface area contributed by atoms with Crippen LogP contribution in [0.3, 0.4) is 0 Å². The number of amides is 2. The minimum atomic E-state index is -1.05. The summed E-state index contributed by atoms with van der Waals surface area (Å²) in [5.41, 5.74) is 0.0930. The third kappa shape index (κ3) is 6.22. The predicted molar refractivity (Wildman–Crippen MR) is 144 cm³/mol. The van der Waals surface area contributed by atoms with Gasteiger partial charge in [0.15, 0.2) is 5.17 Å². The molecule has 0 bridgehead atoms. The zero-order chi connectivity index (χ0) is 26.7. The van der Waals surface area contributed by atoms with Crippen LogP contribution in [0.5, 0.6) is 5.88 Å². The standard InChI is InChI=1S/C24H23ClN6O5S/c1-31(2)15-9-3-12(4-10-15)19(18-21(34)28-23(36)29-22(18)35)27-24-30-20(33)16(37-24)11-17(32)26-14-7-5-13(25)6-8-14/h3-10,16,19H,11H2,1-2H3,(H,26,32)(H,27,30,33)(H3,28,29,34,35,36)/t16-,19+/m1/s1. The van der Waals surface area contributed by atoms with E-state index in [9.17, 15) is 24.3 Å². The highest BCUT2D eigenvalue weighted by atomic mass is 35.5. The Bertz CT molecular complexity index is 1470. The first kappa shape index (κ1) is 26.0. The van der Waals surface area contributed by atoms with Crippen molar-refractivity contribution in [2.45, 2.75) is 17.7 Å². The molecular weight excluding hydrogens is 520 g/mol. The molecule has 1 aliphatic rings. The Balaban J connectivity index is 1.60. The second-order valence-corrected chi connectivity index (χ2v) is 9.98. The number of aromatic amines is 2. The Morgan fingerprint density at radius 3 is 2.41 bits per heavy atom. The quantitative estimate of drug-likeness (QED) is 0.306. The summed E-state index contributed by atoms with van der Waals surface area (Å²) < 4.78 is 0. The Kier molecular flexibility index (Phi) is 7.69. The van der Waals surface area contributed by atoms with E-state index in [2.05, 4.69) is 25.6 Å². The number of anilines is 2. The number of thioether (sulfide) groups is 1. The summed E-state index contributed by atoms with van der Waals surface area (Å²) in [4.78, 5) is 60.0. The first-order valence-corrected chi connectivity index (χ1v) is 12.3. The van der Waals surface area contributed by atoms with Crippen molar-refractivity contribution < 1.29 is 14.7 Å². The molecule has 0 unspecified atom stereocenters. The summed E-state index contributed by atoms with van der Waals surface area (Å²) >= 11 is 6.89. The molecule has 1 fully saturated rings. The number of nitrogens with one attached hydrogen (secondary N) is 4. The molecule has 1 aromatic heterocycles. The molecule has 1 aliphatic heterocycles. The molecule has 37 heavy (non-hydrogen) atoms. The van der Waals surface area contributed by atoms with E-state index in [4.69, 9.17) is 11.6 Å². The molecule has 4 rings (SSSR count). The minimum Gasteiger partial charge on any atom is -0.494 e. The van der Waals surface area contributed by atoms with Gasteiger partial charge in [-0.15, -0.1) is 0 Å². The molecule has 2 heterocycles. The molecular formula is C24H23ClN6O5S. The fraction of sp³-hybridized carbons (Fsp3) is 0.208. The van der Waals surface area contributed by atoms with Crippen LogP contribution in [0.2, 0.25) is 5.02 Å². The van der Waals surface area contributed by atoms with Crippen molar-refractivity contribution in [3.8, 4) is 5.88 Å². The van der Waals surface area contributed by atoms with Crippen LogP contribution < -0.4 is 26.8 Å². The van der Waals surface area contributed by atoms with Crippen molar-refractivity contribution in [2.24, 2.45) is 4.99 Å². The van der Waals surface area contributed by atoms with Gasteiger partial charge in [0.05, 0.1) is 0 Å². The molecule has 192 valence electrons. The lowest BCUT2D eigenvalue weighted by Gasteiger charge is -2.17. The molecule has 0 saturated carbocycles. The Morgan fingerprint density at radius 2 is 1.78 bits per heavy atom. The average Bonchev–Trinajstić information content (AvgIpc) is 3.17. The summed E-state index contributed by atoms with van der Waals surface area (Å²) in [6.45, 7) is 0. The van der Waals surface area contributed by atoms with Gasteiger partial charge < -0.3 is 20.6 Å². The van der Waals surface area contributed by atoms with Gasteiger partial charge in [-0.2, -0.15) is 0 Å². The molecule has 1 saturated heterocycles. The molecule has 3 aromatic rings. The summed E-state index contributed by atoms with van der Waals surface area (Å²) in [5.74, 6) is -1.42. The van der Waals surface area contributed by atoms with Gasteiger partial charge in [-0.1, -0.05) is 35.5 Å². The number of aromatic hydroxyl groups is 1. The highest BCUT2D eigenvalue weighted by Gasteiger charge is 2.33. The number of amidine groups is 1. The molecule has 2 atom stereocenters. The predicted octanol–water partition coefficient (Wildman–Crippen LogP) is 2.19. The summed E-state index contributed by atoms with van der Waals surface area (Å²) in [5, 5.41) is 15.7. The summed E-state index contributed by atoms with van der Waals surface area (Å²) in [7, 11) is 3.75. The highest BCUT2D eigenvalue weighted by molar-refractivity contribution is 8.15. The Hall–Kier alpha value is -4.03. The SMILES string of the molecule is CN(C)c1ccc([C@H](N=C2NC(=O)[C@@H](CC(=O)Nc3ccc(Cl)cc3)S2)c2c(O)[nH]c(=O)[nH]c2=O)cc1. The lowest BCUT2D eigenvalue weighted by molar-refractivity contribution is -0.122. The third-order valence-corrected chi connectivity index (χ3v) is 6.83. The number of rotatable bonds is 7. The zero-order valence-corrected chi connectivity index (χ0v) is 21.3. The molecule has 0 radical (unpaired) electrons. The van der Waals surface area contributed by atoms with Crippen LogP contribution in [0.15, 0.2) is 63.1 Å². The maximum atomic E-state index is 12.6. The molecule has 2 aromatic carbocycles. The van der Waals surface area contributed by atoms with Crippen LogP contribution >= 0.6 is 23.4 Å². The zero-order valence-electron chi connectivity index (χ0n) is 19.7. The minimum absolute atomic E-state index is 0.120. The van der Waals surface area contributed by atoms with E-state index in [1.807, 2.05) is 31.1 Å². The first-order valence-electron chi connectivity index (χ1n) is 11.0. The monoisotopic (exact) mass is 542 g/mol. The van der Waals surface area contributed by atoms with E-state index < -0.39 is 34.3 Å². The normalized spacial score (nSPS) is 16.9. The number of aliphatic imine (C=N–C) groups is 1. The van der Waals surface area contributed by atoms with Crippen LogP contribution in [0.4, 0.5) is 11.4 Å². The Labute approximate surface area is 220 Å². The highest BCUT2D eigenvalue weighted by Crippen LogP contribution is 2.32. The molecule has 2 amide bonds. The van der Waals surface area contributed by atoms with Crippen LogP contribution in [0.1, 0.15) is 23.6 Å². The van der Waals surface area contributed by atoms with Crippen molar-refractivity contribution in [1.82, 2.24) is 15.3 Å². The topological polar surface area (TPSA) is 160 Å². The Morgan fingerprint density at radius 1 is 1.11 bits per heavy atom. The number of halogens is 1. The second-order valence-electron chi connectivity index (χ2n) is 8.35. The van der Waals surface area contributed by atoms with Crippen molar-refractivity contribution in [3.05, 3.63) is 85.5 Å². The summed E-state index contributed by atoms with van der Waals surface area (Å²) in [6, 6.07) is 12.6. The van der Waals surface area contributed by atoms with Gasteiger partial charge in [0, 0.05) is 36.9 Å². The van der Waals surface area contributed by atoms with Crippen molar-refractivity contribution >= 4 is 51.7 Å². The van der Waals surface area contributed by atoms with Crippen LogP contribution in [0.25, 0.3) is 0 Å². The van der Waals surface area contributed by atoms with Crippen LogP contribution in [-0.2, 0) is 9.59 Å². The van der Waals surface area contributed by atoms with Gasteiger partial charge in [-0.25, -0.2) is 9.79 Å². The summed E-state index contributed by atoms with van der Waals surface area (Å²) in [6.07, 6.45) is -0.120. The number of hydrogen-bond acceptors (Lipinski definition) is 8. The van der Waals surface area contributed by atoms with Gasteiger partial charge in [-0.05, 0) is 42.0 Å². The van der Waals surface area contributed by atoms with E-state index in [0.29, 0.717) is 16.3 Å². The fourth-order valence-corrected chi connectivity index (χ4v) is 4.75. The molecule has 5 N–H and O–H groups in total. The number of H-pyrrole nitrogens is 2. The number of carbonyl (C=O) groups is 2. The number of carbonyl (C=O) groups excluding carboxylic acids is 2. The largest absolute Gasteiger partial charge is 0.494 e. The molecule has 13 heteroatoms. The smallest absolute Gasteiger partial charge is 0.328 e. The van der Waals surface area contributed by atoms with Gasteiger partial charge in [0.25, 0.3) is 5.56 Å². The number of benzene rings is 2. The van der Waals surface area contributed by atoms with Gasteiger partial charge in [0.2, 0.25) is 17.7 Å². The average molecular weight is 543 g/mol. The number of nitrogens with zero attached hydrogens (tertiary/aromatic N) is 2. The number of aromatic nitrogens is 2. The van der Waals surface area contributed by atoms with Crippen molar-refractivity contribution in [3.63, 3.8) is 0 Å². The molecule has 0 spiro atoms. The third-order valence-electron chi connectivity index (χ3n) is 5.48. The van der Waals surface area contributed by atoms with E-state index in [1.54, 1.807) is 36.4 Å². The van der Waals surface area contributed by atoms with Crippen molar-refractivity contribution in [2.75, 3.05) is 24.3 Å². The van der Waals surface area contributed by atoms with E-state index >= 15 is 0 Å². The fourth-order valence-electron chi connectivity index (χ4n) is 3.63. The lowest BCUT2D eigenvalue weighted by atomic mass is 10.0. The van der Waals surface area contributed by atoms with Gasteiger partial charge >= 0.3 is 5.69 Å². The van der Waals surface area contributed by atoms with E-state index in [1.165, 1.54) is 0 Å². The maximum Gasteiger partial charge on any atom is 0.328 e. The lowest BCUT2D eigenvalue weighted by Crippen LogP contribution is -2.29. The van der Waals surface area contributed by atoms with Gasteiger partial charge in [0.1, 0.15) is 16.9 Å². The van der Waals surface area contributed by atoms with E-state index in [0.717, 1.165) is 17.4 Å². The molecule has 0 aliphatic carbocycles. The number of hydrogen-bond donors (Lipinski definition) is 5.